The molecule has 0 spiro atoms. The SMILES string of the molecule is C=CC(NCCC)C(OCC)C1CC1. The van der Waals surface area contributed by atoms with E-state index < -0.39 is 0 Å². The molecule has 0 aromatic heterocycles. The average molecular weight is 197 g/mol. The highest BCUT2D eigenvalue weighted by Crippen LogP contribution is 2.36. The molecule has 2 nitrogen and oxygen atoms in total. The molecule has 0 heterocycles. The first-order valence-corrected chi connectivity index (χ1v) is 5.81. The van der Waals surface area contributed by atoms with Crippen molar-refractivity contribution in [1.29, 1.82) is 0 Å². The molecule has 1 N–H and O–H groups in total. The first-order valence-electron chi connectivity index (χ1n) is 5.81. The van der Waals surface area contributed by atoms with Gasteiger partial charge in [-0.1, -0.05) is 13.0 Å². The molecule has 1 aliphatic carbocycles. The fourth-order valence-electron chi connectivity index (χ4n) is 1.79. The van der Waals surface area contributed by atoms with E-state index in [9.17, 15) is 0 Å². The van der Waals surface area contributed by atoms with Crippen LogP contribution in [0.4, 0.5) is 0 Å². The molecule has 0 saturated heterocycles. The van der Waals surface area contributed by atoms with Gasteiger partial charge in [0, 0.05) is 6.61 Å². The van der Waals surface area contributed by atoms with E-state index >= 15 is 0 Å². The van der Waals surface area contributed by atoms with E-state index in [1.807, 2.05) is 6.08 Å². The van der Waals surface area contributed by atoms with Crippen LogP contribution in [0.5, 0.6) is 0 Å². The smallest absolute Gasteiger partial charge is 0.0791 e. The molecule has 0 amide bonds. The van der Waals surface area contributed by atoms with Gasteiger partial charge in [-0.2, -0.15) is 0 Å². The lowest BCUT2D eigenvalue weighted by Gasteiger charge is -2.25. The van der Waals surface area contributed by atoms with Crippen LogP contribution in [-0.4, -0.2) is 25.3 Å². The Labute approximate surface area is 87.7 Å². The highest BCUT2D eigenvalue weighted by atomic mass is 16.5. The van der Waals surface area contributed by atoms with Gasteiger partial charge in [0.25, 0.3) is 0 Å². The van der Waals surface area contributed by atoms with Gasteiger partial charge < -0.3 is 10.1 Å². The summed E-state index contributed by atoms with van der Waals surface area (Å²) < 4.78 is 5.78. The predicted molar refractivity (Wildman–Crippen MR) is 60.4 cm³/mol. The Morgan fingerprint density at radius 1 is 1.50 bits per heavy atom. The molecule has 0 aromatic rings. The lowest BCUT2D eigenvalue weighted by molar-refractivity contribution is 0.0306. The molecule has 0 bridgehead atoms. The van der Waals surface area contributed by atoms with E-state index in [2.05, 4.69) is 25.7 Å². The van der Waals surface area contributed by atoms with Crippen molar-refractivity contribution in [3.05, 3.63) is 12.7 Å². The van der Waals surface area contributed by atoms with E-state index in [4.69, 9.17) is 4.74 Å². The van der Waals surface area contributed by atoms with Crippen LogP contribution in [0.15, 0.2) is 12.7 Å². The zero-order chi connectivity index (χ0) is 10.4. The zero-order valence-corrected chi connectivity index (χ0v) is 9.46. The number of rotatable bonds is 8. The van der Waals surface area contributed by atoms with Crippen LogP contribution in [0.25, 0.3) is 0 Å². The Morgan fingerprint density at radius 3 is 2.64 bits per heavy atom. The van der Waals surface area contributed by atoms with Crippen molar-refractivity contribution in [2.45, 2.75) is 45.3 Å². The highest BCUT2D eigenvalue weighted by molar-refractivity contribution is 4.98. The van der Waals surface area contributed by atoms with E-state index in [-0.39, 0.29) is 0 Å². The van der Waals surface area contributed by atoms with Crippen molar-refractivity contribution >= 4 is 0 Å². The van der Waals surface area contributed by atoms with Gasteiger partial charge in [0.05, 0.1) is 12.1 Å². The van der Waals surface area contributed by atoms with Gasteiger partial charge in [0.1, 0.15) is 0 Å². The molecule has 0 aromatic carbocycles. The van der Waals surface area contributed by atoms with Crippen LogP contribution < -0.4 is 5.32 Å². The predicted octanol–water partition coefficient (Wildman–Crippen LogP) is 2.36. The molecular weight excluding hydrogens is 174 g/mol. The Hall–Kier alpha value is -0.340. The lowest BCUT2D eigenvalue weighted by atomic mass is 10.1. The van der Waals surface area contributed by atoms with E-state index in [1.54, 1.807) is 0 Å². The van der Waals surface area contributed by atoms with Gasteiger partial charge in [-0.15, -0.1) is 6.58 Å². The van der Waals surface area contributed by atoms with Crippen molar-refractivity contribution in [3.8, 4) is 0 Å². The third kappa shape index (κ3) is 3.43. The molecular formula is C12H23NO. The minimum absolute atomic E-state index is 0.336. The van der Waals surface area contributed by atoms with E-state index in [0.29, 0.717) is 12.1 Å². The Kier molecular flexibility index (Phi) is 5.20. The number of hydrogen-bond donors (Lipinski definition) is 1. The number of hydrogen-bond acceptors (Lipinski definition) is 2. The minimum atomic E-state index is 0.336. The second-order valence-corrected chi connectivity index (χ2v) is 3.97. The highest BCUT2D eigenvalue weighted by Gasteiger charge is 2.35. The van der Waals surface area contributed by atoms with Crippen LogP contribution in [0.2, 0.25) is 0 Å². The van der Waals surface area contributed by atoms with E-state index in [0.717, 1.165) is 25.5 Å². The second-order valence-electron chi connectivity index (χ2n) is 3.97. The van der Waals surface area contributed by atoms with Gasteiger partial charge in [0.15, 0.2) is 0 Å². The topological polar surface area (TPSA) is 21.3 Å². The summed E-state index contributed by atoms with van der Waals surface area (Å²) in [7, 11) is 0. The Morgan fingerprint density at radius 2 is 2.21 bits per heavy atom. The largest absolute Gasteiger partial charge is 0.376 e. The molecule has 1 fully saturated rings. The maximum atomic E-state index is 5.78. The van der Waals surface area contributed by atoms with Crippen LogP contribution in [-0.2, 0) is 4.74 Å². The fourth-order valence-corrected chi connectivity index (χ4v) is 1.79. The lowest BCUT2D eigenvalue weighted by Crippen LogP contribution is -2.41. The summed E-state index contributed by atoms with van der Waals surface area (Å²) >= 11 is 0. The summed E-state index contributed by atoms with van der Waals surface area (Å²) in [4.78, 5) is 0. The standard InChI is InChI=1S/C12H23NO/c1-4-9-13-11(5-2)12(14-6-3)10-7-8-10/h5,10-13H,2,4,6-9H2,1,3H3. The average Bonchev–Trinajstić information content (AvgIpc) is 3.00. The van der Waals surface area contributed by atoms with Crippen molar-refractivity contribution < 1.29 is 4.74 Å². The van der Waals surface area contributed by atoms with Gasteiger partial charge in [-0.3, -0.25) is 0 Å². The second kappa shape index (κ2) is 6.20. The normalized spacial score (nSPS) is 20.4. The molecule has 2 heteroatoms. The number of nitrogens with one attached hydrogen (secondary N) is 1. The Bertz CT molecular complexity index is 166. The molecule has 0 radical (unpaired) electrons. The van der Waals surface area contributed by atoms with Crippen LogP contribution >= 0.6 is 0 Å². The first kappa shape index (κ1) is 11.7. The fraction of sp³-hybridized carbons (Fsp3) is 0.833. The van der Waals surface area contributed by atoms with Gasteiger partial charge in [-0.05, 0) is 38.6 Å². The zero-order valence-electron chi connectivity index (χ0n) is 9.46. The van der Waals surface area contributed by atoms with Crippen LogP contribution in [0, 0.1) is 5.92 Å². The third-order valence-electron chi connectivity index (χ3n) is 2.68. The molecule has 1 rings (SSSR count). The summed E-state index contributed by atoms with van der Waals surface area (Å²) in [6.07, 6.45) is 6.15. The van der Waals surface area contributed by atoms with Crippen molar-refractivity contribution in [3.63, 3.8) is 0 Å². The summed E-state index contributed by atoms with van der Waals surface area (Å²) in [6, 6.07) is 0.336. The molecule has 2 atom stereocenters. The summed E-state index contributed by atoms with van der Waals surface area (Å²) in [5.74, 6) is 0.766. The molecule has 14 heavy (non-hydrogen) atoms. The molecule has 82 valence electrons. The van der Waals surface area contributed by atoms with Crippen molar-refractivity contribution in [1.82, 2.24) is 5.32 Å². The van der Waals surface area contributed by atoms with Crippen molar-refractivity contribution in [2.24, 2.45) is 5.92 Å². The summed E-state index contributed by atoms with van der Waals surface area (Å²) in [5, 5.41) is 3.48. The maximum absolute atomic E-state index is 5.78. The minimum Gasteiger partial charge on any atom is -0.376 e. The van der Waals surface area contributed by atoms with E-state index in [1.165, 1.54) is 12.8 Å². The van der Waals surface area contributed by atoms with Gasteiger partial charge in [-0.25, -0.2) is 0 Å². The quantitative estimate of drug-likeness (QED) is 0.603. The molecule has 0 aliphatic heterocycles. The van der Waals surface area contributed by atoms with Crippen LogP contribution in [0.3, 0.4) is 0 Å². The van der Waals surface area contributed by atoms with Crippen LogP contribution in [0.1, 0.15) is 33.1 Å². The molecule has 2 unspecified atom stereocenters. The Balaban J connectivity index is 2.39. The summed E-state index contributed by atoms with van der Waals surface area (Å²) in [6.45, 7) is 9.98. The van der Waals surface area contributed by atoms with Gasteiger partial charge in [0.2, 0.25) is 0 Å². The third-order valence-corrected chi connectivity index (χ3v) is 2.68. The molecule has 1 aliphatic rings. The first-order chi connectivity index (χ1) is 6.83. The summed E-state index contributed by atoms with van der Waals surface area (Å²) in [5.41, 5.74) is 0. The number of ether oxygens (including phenoxy) is 1. The maximum Gasteiger partial charge on any atom is 0.0791 e. The monoisotopic (exact) mass is 197 g/mol. The molecule has 1 saturated carbocycles. The van der Waals surface area contributed by atoms with Crippen molar-refractivity contribution in [2.75, 3.05) is 13.2 Å². The van der Waals surface area contributed by atoms with Gasteiger partial charge >= 0.3 is 0 Å².